The Morgan fingerprint density at radius 1 is 1.47 bits per heavy atom. The Balaban J connectivity index is 2.01. The molecule has 0 aliphatic rings. The van der Waals surface area contributed by atoms with Crippen molar-refractivity contribution in [3.63, 3.8) is 0 Å². The Hall–Kier alpha value is -1.15. The first-order valence-electron chi connectivity index (χ1n) is 5.90. The average Bonchev–Trinajstić information content (AvgIpc) is 2.98. The molecule has 0 amide bonds. The highest BCUT2D eigenvalue weighted by Crippen LogP contribution is 2.13. The number of nitrogens with two attached hydrogens (primary N) is 1. The lowest BCUT2D eigenvalue weighted by atomic mass is 10.3. The summed E-state index contributed by atoms with van der Waals surface area (Å²) in [5.41, 5.74) is 6.33. The minimum atomic E-state index is -3.45. The van der Waals surface area contributed by atoms with E-state index in [2.05, 4.69) is 4.72 Å². The monoisotopic (exact) mass is 299 g/mol. The van der Waals surface area contributed by atoms with Crippen LogP contribution in [0.25, 0.3) is 0 Å². The van der Waals surface area contributed by atoms with Crippen LogP contribution in [-0.4, -0.2) is 19.5 Å². The van der Waals surface area contributed by atoms with Gasteiger partial charge in [0, 0.05) is 36.9 Å². The highest BCUT2D eigenvalue weighted by atomic mass is 32.2. The van der Waals surface area contributed by atoms with E-state index in [0.29, 0.717) is 19.5 Å². The van der Waals surface area contributed by atoms with Gasteiger partial charge in [-0.05, 0) is 23.9 Å². The first-order chi connectivity index (χ1) is 9.03. The minimum Gasteiger partial charge on any atom is -0.352 e. The van der Waals surface area contributed by atoms with E-state index in [0.717, 1.165) is 5.69 Å². The van der Waals surface area contributed by atoms with Crippen molar-refractivity contribution in [2.24, 2.45) is 12.8 Å². The van der Waals surface area contributed by atoms with Gasteiger partial charge < -0.3 is 10.3 Å². The van der Waals surface area contributed by atoms with Crippen molar-refractivity contribution in [2.75, 3.05) is 6.54 Å². The van der Waals surface area contributed by atoms with Crippen molar-refractivity contribution in [3.05, 3.63) is 40.3 Å². The molecule has 19 heavy (non-hydrogen) atoms. The molecular formula is C12H17N3O2S2. The highest BCUT2D eigenvalue weighted by molar-refractivity contribution is 7.89. The van der Waals surface area contributed by atoms with Crippen molar-refractivity contribution >= 4 is 21.4 Å². The topological polar surface area (TPSA) is 77.1 Å². The molecule has 0 saturated carbocycles. The summed E-state index contributed by atoms with van der Waals surface area (Å²) >= 11 is 1.62. The molecular weight excluding hydrogens is 282 g/mol. The van der Waals surface area contributed by atoms with Crippen molar-refractivity contribution in [2.45, 2.75) is 17.9 Å². The molecule has 7 heteroatoms. The normalized spacial score (nSPS) is 11.9. The third-order valence-corrected chi connectivity index (χ3v) is 5.21. The molecule has 5 nitrogen and oxygen atoms in total. The fourth-order valence-electron chi connectivity index (χ4n) is 1.77. The number of nitrogens with zero attached hydrogens (tertiary/aromatic N) is 1. The van der Waals surface area contributed by atoms with E-state index in [1.165, 1.54) is 4.88 Å². The van der Waals surface area contributed by atoms with E-state index in [9.17, 15) is 8.42 Å². The lowest BCUT2D eigenvalue weighted by molar-refractivity contribution is 0.581. The second-order valence-corrected chi connectivity index (χ2v) is 7.01. The maximum absolute atomic E-state index is 12.1. The maximum atomic E-state index is 12.1. The quantitative estimate of drug-likeness (QED) is 0.837. The van der Waals surface area contributed by atoms with Crippen molar-refractivity contribution in [1.82, 2.24) is 9.29 Å². The molecule has 0 radical (unpaired) electrons. The van der Waals surface area contributed by atoms with Crippen LogP contribution in [0.3, 0.4) is 0 Å². The Morgan fingerprint density at radius 3 is 2.84 bits per heavy atom. The molecule has 0 bridgehead atoms. The zero-order chi connectivity index (χ0) is 13.9. The zero-order valence-electron chi connectivity index (χ0n) is 10.7. The molecule has 0 atom stereocenters. The van der Waals surface area contributed by atoms with Gasteiger partial charge >= 0.3 is 0 Å². The number of aryl methyl sites for hydroxylation is 1. The molecule has 0 aliphatic carbocycles. The van der Waals surface area contributed by atoms with Crippen molar-refractivity contribution in [1.29, 1.82) is 0 Å². The largest absolute Gasteiger partial charge is 0.352 e. The summed E-state index contributed by atoms with van der Waals surface area (Å²) in [7, 11) is -1.66. The van der Waals surface area contributed by atoms with Gasteiger partial charge in [-0.2, -0.15) is 0 Å². The molecule has 2 rings (SSSR count). The van der Waals surface area contributed by atoms with Crippen LogP contribution in [0.15, 0.2) is 34.7 Å². The van der Waals surface area contributed by atoms with Gasteiger partial charge in [0.25, 0.3) is 0 Å². The Morgan fingerprint density at radius 2 is 2.26 bits per heavy atom. The van der Waals surface area contributed by atoms with Gasteiger partial charge in [-0.15, -0.1) is 11.3 Å². The molecule has 104 valence electrons. The summed E-state index contributed by atoms with van der Waals surface area (Å²) in [6.07, 6.45) is 2.28. The third-order valence-electron chi connectivity index (χ3n) is 2.85. The molecule has 3 N–H and O–H groups in total. The highest BCUT2D eigenvalue weighted by Gasteiger charge is 2.16. The fraction of sp³-hybridized carbons (Fsp3) is 0.333. The maximum Gasteiger partial charge on any atom is 0.242 e. The van der Waals surface area contributed by atoms with Gasteiger partial charge in [0.05, 0.1) is 4.90 Å². The molecule has 0 fully saturated rings. The number of rotatable bonds is 6. The third kappa shape index (κ3) is 3.44. The summed E-state index contributed by atoms with van der Waals surface area (Å²) in [6.45, 7) is 0.719. The van der Waals surface area contributed by atoms with Crippen LogP contribution < -0.4 is 10.5 Å². The van der Waals surface area contributed by atoms with Gasteiger partial charge in [-0.25, -0.2) is 13.1 Å². The van der Waals surface area contributed by atoms with E-state index < -0.39 is 10.0 Å². The van der Waals surface area contributed by atoms with Crippen LogP contribution in [0.4, 0.5) is 0 Å². The van der Waals surface area contributed by atoms with E-state index >= 15 is 0 Å². The van der Waals surface area contributed by atoms with Crippen LogP contribution in [0.5, 0.6) is 0 Å². The van der Waals surface area contributed by atoms with Crippen LogP contribution in [0, 0.1) is 0 Å². The summed E-state index contributed by atoms with van der Waals surface area (Å²) in [5, 5.41) is 1.98. The minimum absolute atomic E-state index is 0.265. The predicted molar refractivity (Wildman–Crippen MR) is 76.5 cm³/mol. The van der Waals surface area contributed by atoms with Crippen LogP contribution in [-0.2, 0) is 30.0 Å². The molecule has 0 aliphatic heterocycles. The number of thiophene rings is 1. The van der Waals surface area contributed by atoms with E-state index in [4.69, 9.17) is 5.73 Å². The van der Waals surface area contributed by atoms with Gasteiger partial charge in [0.15, 0.2) is 0 Å². The number of sulfonamides is 1. The molecule has 0 saturated heterocycles. The average molecular weight is 299 g/mol. The number of hydrogen-bond acceptors (Lipinski definition) is 4. The Labute approximate surface area is 117 Å². The van der Waals surface area contributed by atoms with Gasteiger partial charge in [-0.3, -0.25) is 0 Å². The second-order valence-electron chi connectivity index (χ2n) is 4.21. The molecule has 2 aromatic rings. The van der Waals surface area contributed by atoms with Crippen molar-refractivity contribution < 1.29 is 8.42 Å². The second kappa shape index (κ2) is 5.87. The number of nitrogens with one attached hydrogen (secondary N) is 1. The Kier molecular flexibility index (Phi) is 4.41. The molecule has 0 aromatic carbocycles. The van der Waals surface area contributed by atoms with E-state index in [1.807, 2.05) is 17.5 Å². The van der Waals surface area contributed by atoms with Crippen LogP contribution in [0.2, 0.25) is 0 Å². The molecule has 2 heterocycles. The molecule has 2 aromatic heterocycles. The summed E-state index contributed by atoms with van der Waals surface area (Å²) in [6, 6.07) is 5.56. The first-order valence-corrected chi connectivity index (χ1v) is 8.26. The van der Waals surface area contributed by atoms with Crippen molar-refractivity contribution in [3.8, 4) is 0 Å². The zero-order valence-corrected chi connectivity index (χ0v) is 12.3. The van der Waals surface area contributed by atoms with Gasteiger partial charge in [-0.1, -0.05) is 6.07 Å². The fourth-order valence-corrected chi connectivity index (χ4v) is 3.61. The predicted octanol–water partition coefficient (Wildman–Crippen LogP) is 1.07. The Bertz CT molecular complexity index is 630. The van der Waals surface area contributed by atoms with Gasteiger partial charge in [0.2, 0.25) is 10.0 Å². The van der Waals surface area contributed by atoms with Crippen LogP contribution >= 0.6 is 11.3 Å². The summed E-state index contributed by atoms with van der Waals surface area (Å²) in [4.78, 5) is 1.43. The van der Waals surface area contributed by atoms with Crippen LogP contribution in [0.1, 0.15) is 10.6 Å². The lowest BCUT2D eigenvalue weighted by Crippen LogP contribution is -2.25. The smallest absolute Gasteiger partial charge is 0.242 e. The SMILES string of the molecule is Cn1cc(S(=O)(=O)NCCc2cccs2)cc1CN. The number of aromatic nitrogens is 1. The van der Waals surface area contributed by atoms with E-state index in [-0.39, 0.29) is 4.90 Å². The molecule has 0 unspecified atom stereocenters. The summed E-state index contributed by atoms with van der Waals surface area (Å²) < 4.78 is 28.5. The standard InChI is InChI=1S/C12H17N3O2S2/c1-15-9-12(7-10(15)8-13)19(16,17)14-5-4-11-3-2-6-18-11/h2-3,6-7,9,14H,4-5,8,13H2,1H3. The van der Waals surface area contributed by atoms with Gasteiger partial charge in [0.1, 0.15) is 0 Å². The first kappa shape index (κ1) is 14.3. The lowest BCUT2D eigenvalue weighted by Gasteiger charge is -2.03. The number of hydrogen-bond donors (Lipinski definition) is 2. The van der Waals surface area contributed by atoms with E-state index in [1.54, 1.807) is 35.2 Å². The molecule has 0 spiro atoms. The summed E-state index contributed by atoms with van der Waals surface area (Å²) in [5.74, 6) is 0.